The molecule has 1 amide bonds. The van der Waals surface area contributed by atoms with Crippen LogP contribution >= 0.6 is 11.3 Å². The smallest absolute Gasteiger partial charge is 0.270 e. The highest BCUT2D eigenvalue weighted by Gasteiger charge is 2.15. The minimum atomic E-state index is -0.517. The van der Waals surface area contributed by atoms with E-state index in [2.05, 4.69) is 10.3 Å². The van der Waals surface area contributed by atoms with Crippen molar-refractivity contribution in [3.63, 3.8) is 0 Å². The molecule has 5 nitrogen and oxygen atoms in total. The standard InChI is InChI=1S/C11H19N3O2S/c1-3-7(2)9(15)5-13-11(16)8-6-17-10(4-12)14-8/h6-7,9,15H,3-5,12H2,1-2H3,(H,13,16). The summed E-state index contributed by atoms with van der Waals surface area (Å²) < 4.78 is 0. The van der Waals surface area contributed by atoms with E-state index in [0.717, 1.165) is 11.4 Å². The number of aliphatic hydroxyl groups excluding tert-OH is 1. The van der Waals surface area contributed by atoms with Gasteiger partial charge in [0.05, 0.1) is 6.10 Å². The molecule has 0 spiro atoms. The van der Waals surface area contributed by atoms with E-state index < -0.39 is 6.10 Å². The van der Waals surface area contributed by atoms with E-state index in [-0.39, 0.29) is 18.4 Å². The quantitative estimate of drug-likeness (QED) is 0.701. The van der Waals surface area contributed by atoms with Crippen molar-refractivity contribution in [3.05, 3.63) is 16.1 Å². The Hall–Kier alpha value is -0.980. The van der Waals surface area contributed by atoms with Gasteiger partial charge in [-0.2, -0.15) is 0 Å². The molecule has 1 aromatic heterocycles. The van der Waals surface area contributed by atoms with Crippen LogP contribution in [0.15, 0.2) is 5.38 Å². The summed E-state index contributed by atoms with van der Waals surface area (Å²) in [5.74, 6) is -0.0892. The number of aliphatic hydroxyl groups is 1. The Balaban J connectivity index is 2.44. The molecule has 6 heteroatoms. The molecular formula is C11H19N3O2S. The van der Waals surface area contributed by atoms with Gasteiger partial charge in [0.25, 0.3) is 5.91 Å². The Bertz CT molecular complexity index is 367. The van der Waals surface area contributed by atoms with Gasteiger partial charge in [-0.15, -0.1) is 11.3 Å². The molecule has 0 aliphatic heterocycles. The number of carbonyl (C=O) groups excluding carboxylic acids is 1. The number of rotatable bonds is 6. The monoisotopic (exact) mass is 257 g/mol. The lowest BCUT2D eigenvalue weighted by molar-refractivity contribution is 0.0846. The molecule has 2 atom stereocenters. The molecule has 0 aromatic carbocycles. The molecular weight excluding hydrogens is 238 g/mol. The zero-order valence-corrected chi connectivity index (χ0v) is 11.0. The maximum atomic E-state index is 11.7. The third kappa shape index (κ3) is 4.07. The summed E-state index contributed by atoms with van der Waals surface area (Å²) in [4.78, 5) is 15.7. The lowest BCUT2D eigenvalue weighted by Gasteiger charge is -2.17. The molecule has 0 radical (unpaired) electrons. The summed E-state index contributed by atoms with van der Waals surface area (Å²) in [5, 5.41) is 14.8. The van der Waals surface area contributed by atoms with E-state index >= 15 is 0 Å². The van der Waals surface area contributed by atoms with Gasteiger partial charge in [-0.25, -0.2) is 4.98 Å². The van der Waals surface area contributed by atoms with Crippen molar-refractivity contribution in [2.24, 2.45) is 11.7 Å². The van der Waals surface area contributed by atoms with Crippen molar-refractivity contribution < 1.29 is 9.90 Å². The Labute approximate surface area is 105 Å². The Morgan fingerprint density at radius 2 is 2.41 bits per heavy atom. The second-order valence-electron chi connectivity index (χ2n) is 3.99. The van der Waals surface area contributed by atoms with Crippen LogP contribution in [-0.4, -0.2) is 28.6 Å². The normalized spacial score (nSPS) is 14.4. The molecule has 0 fully saturated rings. The van der Waals surface area contributed by atoms with Gasteiger partial charge in [0.15, 0.2) is 0 Å². The fraction of sp³-hybridized carbons (Fsp3) is 0.636. The predicted octanol–water partition coefficient (Wildman–Crippen LogP) is 0.739. The average Bonchev–Trinajstić information content (AvgIpc) is 2.83. The number of thiazole rings is 1. The first kappa shape index (κ1) is 14.1. The van der Waals surface area contributed by atoms with Crippen LogP contribution in [0.5, 0.6) is 0 Å². The lowest BCUT2D eigenvalue weighted by atomic mass is 10.0. The summed E-state index contributed by atoms with van der Waals surface area (Å²) in [6.45, 7) is 4.55. The van der Waals surface area contributed by atoms with E-state index in [9.17, 15) is 9.90 Å². The third-order valence-electron chi connectivity index (χ3n) is 2.73. The molecule has 0 aliphatic rings. The van der Waals surface area contributed by atoms with E-state index in [4.69, 9.17) is 5.73 Å². The van der Waals surface area contributed by atoms with E-state index in [1.807, 2.05) is 13.8 Å². The van der Waals surface area contributed by atoms with Crippen LogP contribution in [0, 0.1) is 5.92 Å². The molecule has 1 heterocycles. The summed E-state index contributed by atoms with van der Waals surface area (Å²) in [6, 6.07) is 0. The van der Waals surface area contributed by atoms with Crippen molar-refractivity contribution >= 4 is 17.2 Å². The first-order valence-corrected chi connectivity index (χ1v) is 6.57. The number of nitrogens with zero attached hydrogens (tertiary/aromatic N) is 1. The molecule has 2 unspecified atom stereocenters. The molecule has 0 saturated heterocycles. The highest BCUT2D eigenvalue weighted by atomic mass is 32.1. The molecule has 4 N–H and O–H groups in total. The van der Waals surface area contributed by atoms with Gasteiger partial charge in [0.1, 0.15) is 10.7 Å². The second kappa shape index (κ2) is 6.68. The van der Waals surface area contributed by atoms with Crippen LogP contribution in [0.2, 0.25) is 0 Å². The number of hydrogen-bond donors (Lipinski definition) is 3. The van der Waals surface area contributed by atoms with Gasteiger partial charge in [-0.05, 0) is 5.92 Å². The molecule has 17 heavy (non-hydrogen) atoms. The molecule has 96 valence electrons. The summed E-state index contributed by atoms with van der Waals surface area (Å²) >= 11 is 1.36. The van der Waals surface area contributed by atoms with Crippen molar-refractivity contribution in [1.29, 1.82) is 0 Å². The van der Waals surface area contributed by atoms with E-state index in [1.165, 1.54) is 11.3 Å². The number of hydrogen-bond acceptors (Lipinski definition) is 5. The van der Waals surface area contributed by atoms with E-state index in [1.54, 1.807) is 5.38 Å². The number of nitrogens with one attached hydrogen (secondary N) is 1. The average molecular weight is 257 g/mol. The first-order chi connectivity index (χ1) is 8.08. The van der Waals surface area contributed by atoms with Crippen molar-refractivity contribution in [3.8, 4) is 0 Å². The molecule has 0 bridgehead atoms. The minimum absolute atomic E-state index is 0.172. The largest absolute Gasteiger partial charge is 0.391 e. The molecule has 1 aromatic rings. The predicted molar refractivity (Wildman–Crippen MR) is 67.8 cm³/mol. The van der Waals surface area contributed by atoms with Gasteiger partial charge in [-0.3, -0.25) is 4.79 Å². The summed E-state index contributed by atoms with van der Waals surface area (Å²) in [7, 11) is 0. The van der Waals surface area contributed by atoms with Crippen molar-refractivity contribution in [1.82, 2.24) is 10.3 Å². The molecule has 0 saturated carbocycles. The number of carbonyl (C=O) groups is 1. The SMILES string of the molecule is CCC(C)C(O)CNC(=O)c1csc(CN)n1. The number of amides is 1. The lowest BCUT2D eigenvalue weighted by Crippen LogP contribution is -2.35. The van der Waals surface area contributed by atoms with Gasteiger partial charge in [0, 0.05) is 18.5 Å². The summed E-state index contributed by atoms with van der Waals surface area (Å²) in [6.07, 6.45) is 0.363. The second-order valence-corrected chi connectivity index (χ2v) is 4.94. The molecule has 0 aliphatic carbocycles. The highest BCUT2D eigenvalue weighted by molar-refractivity contribution is 7.09. The Kier molecular flexibility index (Phi) is 5.54. The van der Waals surface area contributed by atoms with E-state index in [0.29, 0.717) is 12.2 Å². The maximum absolute atomic E-state index is 11.7. The van der Waals surface area contributed by atoms with Crippen LogP contribution in [0.1, 0.15) is 35.8 Å². The minimum Gasteiger partial charge on any atom is -0.391 e. The van der Waals surface area contributed by atoms with Crippen LogP contribution in [0.3, 0.4) is 0 Å². The number of nitrogens with two attached hydrogens (primary N) is 1. The topological polar surface area (TPSA) is 88.2 Å². The fourth-order valence-electron chi connectivity index (χ4n) is 1.27. The van der Waals surface area contributed by atoms with Gasteiger partial charge < -0.3 is 16.2 Å². The third-order valence-corrected chi connectivity index (χ3v) is 3.60. The highest BCUT2D eigenvalue weighted by Crippen LogP contribution is 2.09. The van der Waals surface area contributed by atoms with Crippen LogP contribution in [0.4, 0.5) is 0 Å². The first-order valence-electron chi connectivity index (χ1n) is 5.69. The van der Waals surface area contributed by atoms with Crippen LogP contribution in [-0.2, 0) is 6.54 Å². The van der Waals surface area contributed by atoms with Gasteiger partial charge in [-0.1, -0.05) is 20.3 Å². The summed E-state index contributed by atoms with van der Waals surface area (Å²) in [5.41, 5.74) is 5.79. The Morgan fingerprint density at radius 3 is 2.94 bits per heavy atom. The zero-order chi connectivity index (χ0) is 12.8. The Morgan fingerprint density at radius 1 is 1.71 bits per heavy atom. The van der Waals surface area contributed by atoms with Crippen molar-refractivity contribution in [2.75, 3.05) is 6.54 Å². The zero-order valence-electron chi connectivity index (χ0n) is 10.1. The van der Waals surface area contributed by atoms with Crippen LogP contribution < -0.4 is 11.1 Å². The van der Waals surface area contributed by atoms with Crippen LogP contribution in [0.25, 0.3) is 0 Å². The number of aromatic nitrogens is 1. The van der Waals surface area contributed by atoms with Crippen molar-refractivity contribution in [2.45, 2.75) is 32.9 Å². The fourth-order valence-corrected chi connectivity index (χ4v) is 1.92. The van der Waals surface area contributed by atoms with Gasteiger partial charge in [0.2, 0.25) is 0 Å². The van der Waals surface area contributed by atoms with Gasteiger partial charge >= 0.3 is 0 Å². The maximum Gasteiger partial charge on any atom is 0.270 e. The molecule has 1 rings (SSSR count).